The third kappa shape index (κ3) is 5.70. The number of carbonyl (C=O) groups excluding carboxylic acids is 3. The Bertz CT molecular complexity index is 2040. The molecule has 0 spiro atoms. The molecule has 0 radical (unpaired) electrons. The monoisotopic (exact) mass is 680 g/mol. The number of aryl methyl sites for hydroxylation is 1. The molecule has 3 atom stereocenters. The number of carbonyl (C=O) groups is 3. The lowest BCUT2D eigenvalue weighted by Gasteiger charge is -2.31. The quantitative estimate of drug-likeness (QED) is 0.235. The van der Waals surface area contributed by atoms with Gasteiger partial charge < -0.3 is 15.2 Å². The number of nitrogens with zero attached hydrogens (tertiary/aromatic N) is 2. The molecular weight excluding hydrogens is 653 g/mol. The summed E-state index contributed by atoms with van der Waals surface area (Å²) in [5, 5.41) is 17.7. The van der Waals surface area contributed by atoms with E-state index >= 15 is 0 Å². The standard InChI is InChI=1S/C31H28N4O8S3/c1-3-43-22-14-17(6-13-21(22)36)24-25-26(29(39)35(28(25)38)19-9-4-16(2)5-10-19)44-30-27(24)45-31(40)34(30)15-23(37)33-18-7-11-20(12-8-18)46(32,41)42/h4-14,24-26,36H,3,15H2,1-2H3,(H,33,37)(H2,32,41,42). The van der Waals surface area contributed by atoms with Crippen molar-refractivity contribution >= 4 is 62.2 Å². The Kier molecular flexibility index (Phi) is 8.27. The molecular formula is C31H28N4O8S3. The molecule has 3 unspecified atom stereocenters. The van der Waals surface area contributed by atoms with Gasteiger partial charge in [-0.3, -0.25) is 23.7 Å². The van der Waals surface area contributed by atoms with Gasteiger partial charge in [-0.05, 0) is 67.9 Å². The largest absolute Gasteiger partial charge is 0.504 e. The summed E-state index contributed by atoms with van der Waals surface area (Å²) >= 11 is 1.97. The number of benzene rings is 3. The third-order valence-corrected chi connectivity index (χ3v) is 11.3. The van der Waals surface area contributed by atoms with E-state index in [1.807, 2.05) is 19.1 Å². The molecule has 46 heavy (non-hydrogen) atoms. The van der Waals surface area contributed by atoms with Crippen LogP contribution in [0.25, 0.3) is 0 Å². The van der Waals surface area contributed by atoms with Crippen LogP contribution in [0.4, 0.5) is 11.4 Å². The zero-order valence-electron chi connectivity index (χ0n) is 24.5. The van der Waals surface area contributed by atoms with Crippen LogP contribution in [0.3, 0.4) is 0 Å². The summed E-state index contributed by atoms with van der Waals surface area (Å²) in [7, 11) is -3.92. The number of rotatable bonds is 8. The lowest BCUT2D eigenvalue weighted by Crippen LogP contribution is -2.33. The van der Waals surface area contributed by atoms with Crippen LogP contribution in [0.2, 0.25) is 0 Å². The highest BCUT2D eigenvalue weighted by atomic mass is 32.2. The Balaban J connectivity index is 1.39. The normalized spacial score (nSPS) is 19.1. The number of hydrogen-bond acceptors (Lipinski definition) is 10. The van der Waals surface area contributed by atoms with Crippen LogP contribution in [0, 0.1) is 12.8 Å². The second-order valence-electron chi connectivity index (χ2n) is 10.8. The molecule has 0 aliphatic carbocycles. The van der Waals surface area contributed by atoms with Gasteiger partial charge in [-0.15, -0.1) is 0 Å². The molecule has 2 aliphatic heterocycles. The van der Waals surface area contributed by atoms with Crippen LogP contribution in [0.5, 0.6) is 11.5 Å². The molecule has 6 rings (SSSR count). The van der Waals surface area contributed by atoms with Crippen molar-refractivity contribution in [1.29, 1.82) is 0 Å². The molecule has 1 aromatic heterocycles. The number of primary sulfonamides is 1. The molecule has 3 aromatic carbocycles. The fourth-order valence-electron chi connectivity index (χ4n) is 5.63. The average molecular weight is 681 g/mol. The van der Waals surface area contributed by atoms with Crippen molar-refractivity contribution in [2.45, 2.75) is 41.5 Å². The number of ether oxygens (including phenoxy) is 1. The summed E-state index contributed by atoms with van der Waals surface area (Å²) in [6, 6.07) is 17.0. The van der Waals surface area contributed by atoms with Crippen LogP contribution < -0.4 is 25.0 Å². The fourth-order valence-corrected chi connectivity index (χ4v) is 8.92. The summed E-state index contributed by atoms with van der Waals surface area (Å²) in [5.41, 5.74) is 2.25. The Labute approximate surface area is 271 Å². The fraction of sp³-hybridized carbons (Fsp3) is 0.226. The summed E-state index contributed by atoms with van der Waals surface area (Å²) in [6.45, 7) is 3.54. The minimum absolute atomic E-state index is 0.0952. The first-order valence-corrected chi connectivity index (χ1v) is 17.3. The van der Waals surface area contributed by atoms with Crippen LogP contribution in [-0.2, 0) is 31.0 Å². The smallest absolute Gasteiger partial charge is 0.308 e. The molecule has 4 aromatic rings. The second kappa shape index (κ2) is 12.1. The maximum atomic E-state index is 14.1. The molecule has 0 bridgehead atoms. The number of anilines is 2. The van der Waals surface area contributed by atoms with Gasteiger partial charge in [0.15, 0.2) is 11.5 Å². The first-order valence-electron chi connectivity index (χ1n) is 14.1. The van der Waals surface area contributed by atoms with E-state index in [9.17, 15) is 32.7 Å². The van der Waals surface area contributed by atoms with E-state index in [1.165, 1.54) is 39.8 Å². The van der Waals surface area contributed by atoms with Gasteiger partial charge in [0.1, 0.15) is 11.8 Å². The molecule has 1 saturated heterocycles. The van der Waals surface area contributed by atoms with Gasteiger partial charge in [-0.2, -0.15) is 0 Å². The van der Waals surface area contributed by atoms with E-state index in [0.29, 0.717) is 21.2 Å². The van der Waals surface area contributed by atoms with E-state index in [2.05, 4.69) is 5.32 Å². The van der Waals surface area contributed by atoms with E-state index < -0.39 is 56.2 Å². The third-order valence-electron chi connectivity index (χ3n) is 7.75. The zero-order valence-corrected chi connectivity index (χ0v) is 26.9. The molecule has 3 heterocycles. The number of phenolic OH excluding ortho intramolecular Hbond substituents is 1. The van der Waals surface area contributed by atoms with Crippen molar-refractivity contribution in [3.63, 3.8) is 0 Å². The number of hydrogen-bond donors (Lipinski definition) is 3. The number of amides is 3. The average Bonchev–Trinajstić information content (AvgIpc) is 3.45. The summed E-state index contributed by atoms with van der Waals surface area (Å²) in [5.74, 6) is -2.94. The lowest BCUT2D eigenvalue weighted by molar-refractivity contribution is -0.122. The van der Waals surface area contributed by atoms with E-state index in [0.717, 1.165) is 28.7 Å². The van der Waals surface area contributed by atoms with Gasteiger partial charge in [-0.25, -0.2) is 18.5 Å². The molecule has 4 N–H and O–H groups in total. The van der Waals surface area contributed by atoms with Crippen molar-refractivity contribution in [3.8, 4) is 11.5 Å². The number of aromatic hydroxyl groups is 1. The number of imide groups is 1. The summed E-state index contributed by atoms with van der Waals surface area (Å²) < 4.78 is 30.0. The molecule has 15 heteroatoms. The zero-order chi connectivity index (χ0) is 32.9. The molecule has 0 saturated carbocycles. The Morgan fingerprint density at radius 2 is 1.72 bits per heavy atom. The van der Waals surface area contributed by atoms with Crippen LogP contribution in [0.1, 0.15) is 28.8 Å². The maximum absolute atomic E-state index is 14.1. The van der Waals surface area contributed by atoms with Crippen molar-refractivity contribution in [3.05, 3.63) is 92.4 Å². The van der Waals surface area contributed by atoms with Gasteiger partial charge in [0.2, 0.25) is 27.7 Å². The number of fused-ring (bicyclic) bond motifs is 2. The highest BCUT2D eigenvalue weighted by Gasteiger charge is 2.57. The Morgan fingerprint density at radius 3 is 2.37 bits per heavy atom. The number of sulfonamides is 1. The number of thioether (sulfide) groups is 1. The summed E-state index contributed by atoms with van der Waals surface area (Å²) in [4.78, 5) is 55.7. The Morgan fingerprint density at radius 1 is 1.02 bits per heavy atom. The number of aromatic nitrogens is 1. The maximum Gasteiger partial charge on any atom is 0.308 e. The van der Waals surface area contributed by atoms with E-state index in [4.69, 9.17) is 9.88 Å². The predicted octanol–water partition coefficient (Wildman–Crippen LogP) is 3.40. The van der Waals surface area contributed by atoms with E-state index in [-0.39, 0.29) is 28.7 Å². The summed E-state index contributed by atoms with van der Waals surface area (Å²) in [6.07, 6.45) is 0. The molecule has 238 valence electrons. The lowest BCUT2D eigenvalue weighted by atomic mass is 9.83. The van der Waals surface area contributed by atoms with Crippen molar-refractivity contribution < 1.29 is 32.6 Å². The molecule has 3 amide bonds. The predicted molar refractivity (Wildman–Crippen MR) is 173 cm³/mol. The first-order chi connectivity index (χ1) is 21.9. The minimum atomic E-state index is -3.92. The molecule has 2 aliphatic rings. The molecule has 12 nitrogen and oxygen atoms in total. The van der Waals surface area contributed by atoms with Gasteiger partial charge in [0.25, 0.3) is 0 Å². The Hall–Kier alpha value is -4.44. The topological polar surface area (TPSA) is 178 Å². The van der Waals surface area contributed by atoms with E-state index in [1.54, 1.807) is 31.2 Å². The van der Waals surface area contributed by atoms with Crippen LogP contribution in [0.15, 0.2) is 81.4 Å². The first kappa shape index (κ1) is 31.5. The minimum Gasteiger partial charge on any atom is -0.504 e. The number of phenols is 1. The van der Waals surface area contributed by atoms with Crippen molar-refractivity contribution in [2.24, 2.45) is 11.1 Å². The van der Waals surface area contributed by atoms with Crippen molar-refractivity contribution in [1.82, 2.24) is 4.57 Å². The van der Waals surface area contributed by atoms with Gasteiger partial charge in [0, 0.05) is 16.5 Å². The highest BCUT2D eigenvalue weighted by molar-refractivity contribution is 8.00. The van der Waals surface area contributed by atoms with Gasteiger partial charge in [-0.1, -0.05) is 46.9 Å². The van der Waals surface area contributed by atoms with Crippen LogP contribution >= 0.6 is 23.1 Å². The molecule has 1 fully saturated rings. The second-order valence-corrected chi connectivity index (χ2v) is 14.5. The highest BCUT2D eigenvalue weighted by Crippen LogP contribution is 2.54. The number of nitrogens with one attached hydrogen (secondary N) is 1. The van der Waals surface area contributed by atoms with Crippen LogP contribution in [-0.4, -0.2) is 47.7 Å². The SMILES string of the molecule is CCOc1cc(C2c3sc(=O)n(CC(=O)Nc4ccc(S(N)(=O)=O)cc4)c3SC3C(=O)N(c4ccc(C)cc4)C(=O)C32)ccc1O. The van der Waals surface area contributed by atoms with Gasteiger partial charge >= 0.3 is 4.87 Å². The van der Waals surface area contributed by atoms with Gasteiger partial charge in [0.05, 0.1) is 28.1 Å². The van der Waals surface area contributed by atoms with Crippen molar-refractivity contribution in [2.75, 3.05) is 16.8 Å². The number of nitrogens with two attached hydrogens (primary N) is 1. The number of thiazole rings is 1.